The normalized spacial score (nSPS) is 10.2. The molecule has 0 unspecified atom stereocenters. The van der Waals surface area contributed by atoms with E-state index in [0.717, 1.165) is 12.8 Å². The number of carbonyl (C=O) groups is 2. The molecule has 0 saturated carbocycles. The van der Waals surface area contributed by atoms with Crippen molar-refractivity contribution in [1.82, 2.24) is 5.32 Å². The number of nitrogens with one attached hydrogen (secondary N) is 1. The van der Waals surface area contributed by atoms with Crippen molar-refractivity contribution >= 4 is 23.2 Å². The Bertz CT molecular complexity index is 387. The van der Waals surface area contributed by atoms with E-state index in [1.165, 1.54) is 9.75 Å². The first-order valence-corrected chi connectivity index (χ1v) is 6.43. The number of hydrogen-bond acceptors (Lipinski definition) is 3. The predicted molar refractivity (Wildman–Crippen MR) is 67.3 cm³/mol. The summed E-state index contributed by atoms with van der Waals surface area (Å²) in [6.45, 7) is 2.28. The molecule has 0 saturated heterocycles. The van der Waals surface area contributed by atoms with E-state index >= 15 is 0 Å². The molecule has 2 N–H and O–H groups in total. The Kier molecular flexibility index (Phi) is 5.69. The first-order chi connectivity index (χ1) is 8.08. The maximum absolute atomic E-state index is 11.3. The number of hydrogen-bond donors (Lipinski definition) is 2. The number of aliphatic carboxylic acids is 1. The third kappa shape index (κ3) is 6.06. The van der Waals surface area contributed by atoms with Crippen molar-refractivity contribution in [2.45, 2.75) is 32.6 Å². The summed E-state index contributed by atoms with van der Waals surface area (Å²) in [5, 5.41) is 11.0. The van der Waals surface area contributed by atoms with Gasteiger partial charge in [-0.1, -0.05) is 0 Å². The summed E-state index contributed by atoms with van der Waals surface area (Å²) in [7, 11) is 0. The molecule has 0 aliphatic carbocycles. The molecule has 0 atom stereocenters. The van der Waals surface area contributed by atoms with Crippen LogP contribution in [0, 0.1) is 6.92 Å². The topological polar surface area (TPSA) is 66.4 Å². The van der Waals surface area contributed by atoms with Gasteiger partial charge in [-0.2, -0.15) is 0 Å². The van der Waals surface area contributed by atoms with Crippen molar-refractivity contribution < 1.29 is 14.7 Å². The first kappa shape index (κ1) is 13.7. The van der Waals surface area contributed by atoms with Gasteiger partial charge in [0.15, 0.2) is 0 Å². The van der Waals surface area contributed by atoms with Crippen LogP contribution in [-0.4, -0.2) is 23.5 Å². The van der Waals surface area contributed by atoms with Gasteiger partial charge in [0.2, 0.25) is 5.91 Å². The summed E-state index contributed by atoms with van der Waals surface area (Å²) in [6, 6.07) is 4.16. The van der Waals surface area contributed by atoms with Gasteiger partial charge in [-0.05, 0) is 31.9 Å². The summed E-state index contributed by atoms with van der Waals surface area (Å²) in [5.41, 5.74) is 0. The van der Waals surface area contributed by atoms with Gasteiger partial charge in [-0.25, -0.2) is 0 Å². The first-order valence-electron chi connectivity index (χ1n) is 5.62. The van der Waals surface area contributed by atoms with Gasteiger partial charge in [0, 0.05) is 22.7 Å². The molecule has 1 aromatic heterocycles. The summed E-state index contributed by atoms with van der Waals surface area (Å²) in [6.07, 6.45) is 2.15. The van der Waals surface area contributed by atoms with E-state index in [0.29, 0.717) is 6.42 Å². The SMILES string of the molecule is Cc1ccc(CCCC(=O)NCCC(=O)O)s1. The van der Waals surface area contributed by atoms with E-state index in [1.54, 1.807) is 11.3 Å². The molecule has 1 rings (SSSR count). The Morgan fingerprint density at radius 1 is 1.35 bits per heavy atom. The standard InChI is InChI=1S/C12H17NO3S/c1-9-5-6-10(17-9)3-2-4-11(14)13-8-7-12(15)16/h5-6H,2-4,7-8H2,1H3,(H,13,14)(H,15,16). The fourth-order valence-electron chi connectivity index (χ4n) is 1.44. The Hall–Kier alpha value is -1.36. The highest BCUT2D eigenvalue weighted by molar-refractivity contribution is 7.11. The van der Waals surface area contributed by atoms with Crippen molar-refractivity contribution in [1.29, 1.82) is 0 Å². The van der Waals surface area contributed by atoms with E-state index in [9.17, 15) is 9.59 Å². The van der Waals surface area contributed by atoms with Gasteiger partial charge < -0.3 is 10.4 Å². The van der Waals surface area contributed by atoms with Crippen molar-refractivity contribution in [3.05, 3.63) is 21.9 Å². The van der Waals surface area contributed by atoms with Gasteiger partial charge in [0.05, 0.1) is 6.42 Å². The van der Waals surface area contributed by atoms with E-state index in [2.05, 4.69) is 24.4 Å². The number of carboxylic acid groups (broad SMARTS) is 1. The Morgan fingerprint density at radius 2 is 2.12 bits per heavy atom. The molecule has 0 spiro atoms. The largest absolute Gasteiger partial charge is 0.481 e. The lowest BCUT2D eigenvalue weighted by atomic mass is 10.2. The Balaban J connectivity index is 2.10. The quantitative estimate of drug-likeness (QED) is 0.782. The van der Waals surface area contributed by atoms with E-state index in [4.69, 9.17) is 5.11 Å². The second-order valence-corrected chi connectivity index (χ2v) is 5.23. The highest BCUT2D eigenvalue weighted by Crippen LogP contribution is 2.17. The van der Waals surface area contributed by atoms with Crippen molar-refractivity contribution in [2.24, 2.45) is 0 Å². The van der Waals surface area contributed by atoms with Crippen molar-refractivity contribution in [2.75, 3.05) is 6.54 Å². The Labute approximate surface area is 105 Å². The van der Waals surface area contributed by atoms with Crippen LogP contribution in [0.5, 0.6) is 0 Å². The minimum absolute atomic E-state index is 0.0180. The van der Waals surface area contributed by atoms with Crippen LogP contribution in [0.2, 0.25) is 0 Å². The molecule has 5 heteroatoms. The van der Waals surface area contributed by atoms with Crippen LogP contribution in [0.3, 0.4) is 0 Å². The summed E-state index contributed by atoms with van der Waals surface area (Å²) in [4.78, 5) is 24.1. The van der Waals surface area contributed by atoms with Crippen molar-refractivity contribution in [3.63, 3.8) is 0 Å². The number of amides is 1. The second kappa shape index (κ2) is 7.06. The number of rotatable bonds is 7. The number of carbonyl (C=O) groups excluding carboxylic acids is 1. The lowest BCUT2D eigenvalue weighted by Crippen LogP contribution is -2.25. The zero-order chi connectivity index (χ0) is 12.7. The smallest absolute Gasteiger partial charge is 0.305 e. The fraction of sp³-hybridized carbons (Fsp3) is 0.500. The van der Waals surface area contributed by atoms with Crippen LogP contribution in [-0.2, 0) is 16.0 Å². The third-order valence-corrected chi connectivity index (χ3v) is 3.34. The zero-order valence-electron chi connectivity index (χ0n) is 9.86. The molecule has 0 radical (unpaired) electrons. The highest BCUT2D eigenvalue weighted by Gasteiger charge is 2.03. The maximum atomic E-state index is 11.3. The number of carboxylic acids is 1. The van der Waals surface area contributed by atoms with Crippen LogP contribution < -0.4 is 5.32 Å². The molecule has 1 heterocycles. The molecular formula is C12H17NO3S. The molecule has 0 fully saturated rings. The molecular weight excluding hydrogens is 238 g/mol. The highest BCUT2D eigenvalue weighted by atomic mass is 32.1. The predicted octanol–water partition coefficient (Wildman–Crippen LogP) is 1.97. The molecule has 94 valence electrons. The average Bonchev–Trinajstić information content (AvgIpc) is 2.63. The van der Waals surface area contributed by atoms with E-state index < -0.39 is 5.97 Å². The molecule has 1 amide bonds. The van der Waals surface area contributed by atoms with Crippen molar-refractivity contribution in [3.8, 4) is 0 Å². The van der Waals surface area contributed by atoms with Crippen LogP contribution in [0.4, 0.5) is 0 Å². The van der Waals surface area contributed by atoms with Crippen LogP contribution >= 0.6 is 11.3 Å². The lowest BCUT2D eigenvalue weighted by Gasteiger charge is -2.02. The maximum Gasteiger partial charge on any atom is 0.305 e. The molecule has 0 aliphatic heterocycles. The van der Waals surface area contributed by atoms with E-state index in [-0.39, 0.29) is 18.9 Å². The fourth-order valence-corrected chi connectivity index (χ4v) is 2.37. The summed E-state index contributed by atoms with van der Waals surface area (Å²) >= 11 is 1.75. The molecule has 1 aromatic rings. The van der Waals surface area contributed by atoms with Crippen LogP contribution in [0.15, 0.2) is 12.1 Å². The third-order valence-electron chi connectivity index (χ3n) is 2.28. The molecule has 17 heavy (non-hydrogen) atoms. The van der Waals surface area contributed by atoms with Gasteiger partial charge in [0.25, 0.3) is 0 Å². The van der Waals surface area contributed by atoms with Crippen LogP contribution in [0.1, 0.15) is 29.0 Å². The van der Waals surface area contributed by atoms with E-state index in [1.807, 2.05) is 0 Å². The zero-order valence-corrected chi connectivity index (χ0v) is 10.7. The molecule has 0 aliphatic rings. The monoisotopic (exact) mass is 255 g/mol. The summed E-state index contributed by atoms with van der Waals surface area (Å²) < 4.78 is 0. The molecule has 4 nitrogen and oxygen atoms in total. The number of aryl methyl sites for hydroxylation is 2. The van der Waals surface area contributed by atoms with Gasteiger partial charge >= 0.3 is 5.97 Å². The minimum Gasteiger partial charge on any atom is -0.481 e. The minimum atomic E-state index is -0.889. The number of thiophene rings is 1. The molecule has 0 bridgehead atoms. The van der Waals surface area contributed by atoms with Crippen LogP contribution in [0.25, 0.3) is 0 Å². The summed E-state index contributed by atoms with van der Waals surface area (Å²) in [5.74, 6) is -0.959. The average molecular weight is 255 g/mol. The lowest BCUT2D eigenvalue weighted by molar-refractivity contribution is -0.136. The van der Waals surface area contributed by atoms with Gasteiger partial charge in [-0.15, -0.1) is 11.3 Å². The molecule has 0 aromatic carbocycles. The van der Waals surface area contributed by atoms with Gasteiger partial charge in [-0.3, -0.25) is 9.59 Å². The second-order valence-electron chi connectivity index (χ2n) is 3.86. The Morgan fingerprint density at radius 3 is 2.71 bits per heavy atom. The van der Waals surface area contributed by atoms with Gasteiger partial charge in [0.1, 0.15) is 0 Å².